The molecule has 0 unspecified atom stereocenters. The van der Waals surface area contributed by atoms with E-state index >= 15 is 0 Å². The molecule has 0 amide bonds. The van der Waals surface area contributed by atoms with E-state index in [1.165, 1.54) is 23.1 Å². The summed E-state index contributed by atoms with van der Waals surface area (Å²) < 4.78 is 13.0. The number of nitrogen functional groups attached to an aromatic ring is 1. The van der Waals surface area contributed by atoms with E-state index in [0.717, 1.165) is 11.1 Å². The van der Waals surface area contributed by atoms with E-state index in [1.807, 2.05) is 6.92 Å². The van der Waals surface area contributed by atoms with Gasteiger partial charge in [-0.3, -0.25) is 0 Å². The van der Waals surface area contributed by atoms with Crippen LogP contribution in [-0.2, 0) is 6.54 Å². The number of nitrogens with zero attached hydrogens (tertiary/aromatic N) is 3. The van der Waals surface area contributed by atoms with Crippen LogP contribution in [-0.4, -0.2) is 15.0 Å². The van der Waals surface area contributed by atoms with Gasteiger partial charge in [-0.05, 0) is 30.2 Å². The largest absolute Gasteiger partial charge is 0.381 e. The van der Waals surface area contributed by atoms with E-state index < -0.39 is 0 Å². The summed E-state index contributed by atoms with van der Waals surface area (Å²) in [5.41, 5.74) is 7.29. The second kappa shape index (κ2) is 3.68. The number of hydrogen-bond acceptors (Lipinski definition) is 3. The van der Waals surface area contributed by atoms with Crippen LogP contribution in [0.5, 0.6) is 0 Å². The molecule has 4 nitrogen and oxygen atoms in total. The minimum Gasteiger partial charge on any atom is -0.381 e. The van der Waals surface area contributed by atoms with E-state index in [0.29, 0.717) is 12.4 Å². The van der Waals surface area contributed by atoms with Gasteiger partial charge in [0, 0.05) is 0 Å². The first-order chi connectivity index (χ1) is 7.15. The van der Waals surface area contributed by atoms with E-state index in [1.54, 1.807) is 6.07 Å². The number of halogens is 1. The first-order valence-electron chi connectivity index (χ1n) is 4.56. The minimum absolute atomic E-state index is 0.254. The van der Waals surface area contributed by atoms with Crippen molar-refractivity contribution in [3.63, 3.8) is 0 Å². The first kappa shape index (κ1) is 9.64. The number of benzene rings is 1. The lowest BCUT2D eigenvalue weighted by Crippen LogP contribution is -2.05. The summed E-state index contributed by atoms with van der Waals surface area (Å²) >= 11 is 0. The Morgan fingerprint density at radius 2 is 2.27 bits per heavy atom. The minimum atomic E-state index is -0.254. The van der Waals surface area contributed by atoms with Gasteiger partial charge in [0.1, 0.15) is 5.82 Å². The van der Waals surface area contributed by atoms with E-state index in [2.05, 4.69) is 10.2 Å². The Hall–Kier alpha value is -1.91. The molecule has 0 radical (unpaired) electrons. The Morgan fingerprint density at radius 1 is 1.47 bits per heavy atom. The fraction of sp³-hybridized carbons (Fsp3) is 0.200. The maximum atomic E-state index is 13.0. The van der Waals surface area contributed by atoms with E-state index in [-0.39, 0.29) is 5.82 Å². The van der Waals surface area contributed by atoms with Gasteiger partial charge in [0.25, 0.3) is 0 Å². The highest BCUT2D eigenvalue weighted by Crippen LogP contribution is 2.11. The highest BCUT2D eigenvalue weighted by atomic mass is 19.1. The van der Waals surface area contributed by atoms with Crippen LogP contribution >= 0.6 is 0 Å². The van der Waals surface area contributed by atoms with Crippen molar-refractivity contribution in [1.82, 2.24) is 15.0 Å². The number of anilines is 1. The average Bonchev–Trinajstić information content (AvgIpc) is 2.58. The smallest absolute Gasteiger partial charge is 0.165 e. The molecule has 0 aliphatic rings. The average molecular weight is 206 g/mol. The third-order valence-electron chi connectivity index (χ3n) is 2.18. The van der Waals surface area contributed by atoms with Crippen molar-refractivity contribution in [1.29, 1.82) is 0 Å². The molecular formula is C10H11FN4. The Bertz CT molecular complexity index is 478. The summed E-state index contributed by atoms with van der Waals surface area (Å²) in [6, 6.07) is 4.65. The number of aromatic nitrogens is 3. The molecule has 0 aliphatic heterocycles. The number of hydrogen-bond donors (Lipinski definition) is 1. The van der Waals surface area contributed by atoms with Crippen molar-refractivity contribution in [2.45, 2.75) is 13.5 Å². The van der Waals surface area contributed by atoms with Gasteiger partial charge in [-0.25, -0.2) is 4.39 Å². The summed E-state index contributed by atoms with van der Waals surface area (Å²) in [6.07, 6.45) is 1.47. The molecule has 1 heterocycles. The fourth-order valence-corrected chi connectivity index (χ4v) is 1.35. The van der Waals surface area contributed by atoms with Crippen molar-refractivity contribution in [2.24, 2.45) is 0 Å². The molecule has 2 aromatic rings. The second-order valence-corrected chi connectivity index (χ2v) is 3.37. The molecule has 0 spiro atoms. The van der Waals surface area contributed by atoms with Crippen molar-refractivity contribution in [3.8, 4) is 0 Å². The van der Waals surface area contributed by atoms with Gasteiger partial charge >= 0.3 is 0 Å². The van der Waals surface area contributed by atoms with Gasteiger partial charge in [0.2, 0.25) is 0 Å². The SMILES string of the molecule is Cc1ccc(F)cc1Cn1ncc(N)n1. The summed E-state index contributed by atoms with van der Waals surface area (Å²) in [4.78, 5) is 1.44. The Labute approximate surface area is 86.5 Å². The number of rotatable bonds is 2. The molecule has 0 bridgehead atoms. The normalized spacial score (nSPS) is 10.5. The summed E-state index contributed by atoms with van der Waals surface area (Å²) in [6.45, 7) is 2.35. The highest BCUT2D eigenvalue weighted by Gasteiger charge is 2.03. The second-order valence-electron chi connectivity index (χ2n) is 3.37. The molecule has 0 atom stereocenters. The summed E-state index contributed by atoms with van der Waals surface area (Å²) in [5, 5.41) is 7.88. The molecule has 0 fully saturated rings. The Kier molecular flexibility index (Phi) is 2.37. The molecular weight excluding hydrogens is 195 g/mol. The standard InChI is InChI=1S/C10H11FN4/c1-7-2-3-9(11)4-8(7)6-15-13-5-10(12)14-15/h2-5H,6H2,1H3,(H2,12,14). The van der Waals surface area contributed by atoms with Crippen molar-refractivity contribution < 1.29 is 4.39 Å². The number of aryl methyl sites for hydroxylation is 1. The quantitative estimate of drug-likeness (QED) is 0.807. The third-order valence-corrected chi connectivity index (χ3v) is 2.18. The van der Waals surface area contributed by atoms with Crippen LogP contribution in [0.25, 0.3) is 0 Å². The molecule has 0 saturated heterocycles. The lowest BCUT2D eigenvalue weighted by atomic mass is 10.1. The molecule has 78 valence electrons. The maximum absolute atomic E-state index is 13.0. The van der Waals surface area contributed by atoms with E-state index in [4.69, 9.17) is 5.73 Å². The van der Waals surface area contributed by atoms with Gasteiger partial charge in [-0.15, -0.1) is 5.10 Å². The van der Waals surface area contributed by atoms with Crippen LogP contribution in [0.2, 0.25) is 0 Å². The number of nitrogens with two attached hydrogens (primary N) is 1. The maximum Gasteiger partial charge on any atom is 0.165 e. The van der Waals surface area contributed by atoms with E-state index in [9.17, 15) is 4.39 Å². The van der Waals surface area contributed by atoms with Crippen LogP contribution in [0.1, 0.15) is 11.1 Å². The third kappa shape index (κ3) is 2.12. The zero-order chi connectivity index (χ0) is 10.8. The van der Waals surface area contributed by atoms with Gasteiger partial charge < -0.3 is 5.73 Å². The monoisotopic (exact) mass is 206 g/mol. The van der Waals surface area contributed by atoms with Crippen molar-refractivity contribution >= 4 is 5.82 Å². The van der Waals surface area contributed by atoms with Crippen LogP contribution in [0.15, 0.2) is 24.4 Å². The van der Waals surface area contributed by atoms with Gasteiger partial charge in [-0.2, -0.15) is 9.90 Å². The van der Waals surface area contributed by atoms with Crippen LogP contribution in [0, 0.1) is 12.7 Å². The van der Waals surface area contributed by atoms with Gasteiger partial charge in [0.05, 0.1) is 12.7 Å². The molecule has 2 N–H and O–H groups in total. The highest BCUT2D eigenvalue weighted by molar-refractivity contribution is 5.27. The molecule has 2 rings (SSSR count). The van der Waals surface area contributed by atoms with Crippen molar-refractivity contribution in [3.05, 3.63) is 41.3 Å². The van der Waals surface area contributed by atoms with Gasteiger partial charge in [-0.1, -0.05) is 6.07 Å². The molecule has 0 aliphatic carbocycles. The fourth-order valence-electron chi connectivity index (χ4n) is 1.35. The molecule has 1 aromatic heterocycles. The molecule has 0 saturated carbocycles. The topological polar surface area (TPSA) is 56.7 Å². The Morgan fingerprint density at radius 3 is 2.93 bits per heavy atom. The molecule has 1 aromatic carbocycles. The molecule has 5 heteroatoms. The zero-order valence-corrected chi connectivity index (χ0v) is 8.31. The zero-order valence-electron chi connectivity index (χ0n) is 8.31. The predicted octanol–water partition coefficient (Wildman–Crippen LogP) is 1.36. The van der Waals surface area contributed by atoms with Crippen LogP contribution < -0.4 is 5.73 Å². The lowest BCUT2D eigenvalue weighted by molar-refractivity contribution is 0.581. The lowest BCUT2D eigenvalue weighted by Gasteiger charge is -2.04. The van der Waals surface area contributed by atoms with Crippen LogP contribution in [0.4, 0.5) is 10.2 Å². The summed E-state index contributed by atoms with van der Waals surface area (Å²) in [7, 11) is 0. The first-order valence-corrected chi connectivity index (χ1v) is 4.56. The van der Waals surface area contributed by atoms with Crippen molar-refractivity contribution in [2.75, 3.05) is 5.73 Å². The van der Waals surface area contributed by atoms with Crippen LogP contribution in [0.3, 0.4) is 0 Å². The predicted molar refractivity (Wildman–Crippen MR) is 54.7 cm³/mol. The van der Waals surface area contributed by atoms with Gasteiger partial charge in [0.15, 0.2) is 5.82 Å². The Balaban J connectivity index is 2.27. The molecule has 15 heavy (non-hydrogen) atoms. The summed E-state index contributed by atoms with van der Waals surface area (Å²) in [5.74, 6) is 0.111.